The zero-order valence-corrected chi connectivity index (χ0v) is 38.5. The van der Waals surface area contributed by atoms with Crippen LogP contribution in [-0.2, 0) is 27.9 Å². The van der Waals surface area contributed by atoms with Gasteiger partial charge in [-0.15, -0.1) is 0 Å². The summed E-state index contributed by atoms with van der Waals surface area (Å²) in [6.07, 6.45) is 52.1. The van der Waals surface area contributed by atoms with Crippen LogP contribution in [0.2, 0.25) is 0 Å². The molecule has 0 aromatic rings. The first kappa shape index (κ1) is 56.0. The summed E-state index contributed by atoms with van der Waals surface area (Å²) in [5, 5.41) is 0. The highest BCUT2D eigenvalue weighted by Crippen LogP contribution is 2.43. The quantitative estimate of drug-likeness (QED) is 0.0270. The molecule has 0 heterocycles. The van der Waals surface area contributed by atoms with E-state index in [1.165, 1.54) is 173 Å². The summed E-state index contributed by atoms with van der Waals surface area (Å²) < 4.78 is 33.5. The van der Waals surface area contributed by atoms with E-state index in [2.05, 4.69) is 38.2 Å². The molecule has 0 amide bonds. The number of carbonyl (C=O) groups excluding carboxylic acids is 1. The van der Waals surface area contributed by atoms with Crippen molar-refractivity contribution in [1.82, 2.24) is 0 Å². The molecule has 8 nitrogen and oxygen atoms in total. The van der Waals surface area contributed by atoms with Crippen molar-refractivity contribution in [3.05, 3.63) is 24.3 Å². The number of hydrogen-bond donors (Lipinski definition) is 2. The minimum Gasteiger partial charge on any atom is -0.457 e. The van der Waals surface area contributed by atoms with Crippen molar-refractivity contribution in [1.29, 1.82) is 0 Å². The Labute approximate surface area is 353 Å². The molecule has 0 rings (SSSR count). The Morgan fingerprint density at radius 1 is 0.509 bits per heavy atom. The summed E-state index contributed by atoms with van der Waals surface area (Å²) in [6, 6.07) is 0. The molecule has 0 bridgehead atoms. The number of hydrogen-bond acceptors (Lipinski definition) is 7. The highest BCUT2D eigenvalue weighted by molar-refractivity contribution is 7.47. The van der Waals surface area contributed by atoms with E-state index in [1.54, 1.807) is 0 Å². The number of phosphoric ester groups is 1. The first-order chi connectivity index (χ1) is 27.9. The van der Waals surface area contributed by atoms with E-state index in [0.29, 0.717) is 13.0 Å². The molecule has 9 heteroatoms. The average Bonchev–Trinajstić information content (AvgIpc) is 3.20. The first-order valence-corrected chi connectivity index (χ1v) is 25.8. The van der Waals surface area contributed by atoms with E-state index >= 15 is 0 Å². The lowest BCUT2D eigenvalue weighted by Gasteiger charge is -2.20. The zero-order valence-electron chi connectivity index (χ0n) is 37.6. The molecule has 0 aromatic heterocycles. The second kappa shape index (κ2) is 46.1. The Bertz CT molecular complexity index is 930. The van der Waals surface area contributed by atoms with Crippen LogP contribution < -0.4 is 5.73 Å². The molecule has 57 heavy (non-hydrogen) atoms. The largest absolute Gasteiger partial charge is 0.472 e. The van der Waals surface area contributed by atoms with Crippen molar-refractivity contribution in [3.8, 4) is 0 Å². The highest BCUT2D eigenvalue weighted by atomic mass is 31.2. The van der Waals surface area contributed by atoms with E-state index in [0.717, 1.165) is 44.9 Å². The molecule has 0 aliphatic rings. The number of esters is 1. The fourth-order valence-electron chi connectivity index (χ4n) is 6.99. The molecule has 0 aliphatic heterocycles. The molecule has 338 valence electrons. The zero-order chi connectivity index (χ0) is 41.6. The van der Waals surface area contributed by atoms with Crippen molar-refractivity contribution < 1.29 is 32.8 Å². The van der Waals surface area contributed by atoms with Crippen LogP contribution in [0.1, 0.15) is 239 Å². The normalized spacial score (nSPS) is 13.5. The third-order valence-electron chi connectivity index (χ3n) is 10.6. The van der Waals surface area contributed by atoms with Gasteiger partial charge in [0, 0.05) is 19.6 Å². The molecule has 2 atom stereocenters. The maximum absolute atomic E-state index is 12.6. The summed E-state index contributed by atoms with van der Waals surface area (Å²) in [7, 11) is -4.28. The lowest BCUT2D eigenvalue weighted by molar-refractivity contribution is -0.154. The average molecular weight is 828 g/mol. The lowest BCUT2D eigenvalue weighted by Crippen LogP contribution is -2.28. The van der Waals surface area contributed by atoms with Gasteiger partial charge in [-0.05, 0) is 64.2 Å². The molecule has 0 aromatic carbocycles. The van der Waals surface area contributed by atoms with Gasteiger partial charge in [0.15, 0.2) is 0 Å². The maximum Gasteiger partial charge on any atom is 0.472 e. The Morgan fingerprint density at radius 2 is 0.877 bits per heavy atom. The number of nitrogens with two attached hydrogens (primary N) is 1. The third kappa shape index (κ3) is 45.9. The van der Waals surface area contributed by atoms with Gasteiger partial charge in [0.2, 0.25) is 0 Å². The monoisotopic (exact) mass is 828 g/mol. The van der Waals surface area contributed by atoms with Crippen LogP contribution in [0.4, 0.5) is 0 Å². The lowest BCUT2D eigenvalue weighted by atomic mass is 10.0. The second-order valence-electron chi connectivity index (χ2n) is 16.3. The van der Waals surface area contributed by atoms with Crippen molar-refractivity contribution >= 4 is 13.8 Å². The van der Waals surface area contributed by atoms with Gasteiger partial charge in [0.1, 0.15) is 6.10 Å². The van der Waals surface area contributed by atoms with Gasteiger partial charge in [0.25, 0.3) is 0 Å². The predicted molar refractivity (Wildman–Crippen MR) is 243 cm³/mol. The van der Waals surface area contributed by atoms with Crippen LogP contribution >= 0.6 is 7.82 Å². The van der Waals surface area contributed by atoms with E-state index in [-0.39, 0.29) is 32.3 Å². The Hall–Kier alpha value is -1.02. The smallest absolute Gasteiger partial charge is 0.457 e. The third-order valence-corrected chi connectivity index (χ3v) is 11.6. The van der Waals surface area contributed by atoms with E-state index in [9.17, 15) is 14.3 Å². The first-order valence-electron chi connectivity index (χ1n) is 24.3. The van der Waals surface area contributed by atoms with Gasteiger partial charge in [-0.2, -0.15) is 0 Å². The van der Waals surface area contributed by atoms with Crippen LogP contribution in [0.3, 0.4) is 0 Å². The molecule has 0 spiro atoms. The number of unbranched alkanes of at least 4 members (excludes halogenated alkanes) is 30. The van der Waals surface area contributed by atoms with E-state index in [1.807, 2.05) is 0 Å². The number of rotatable bonds is 47. The van der Waals surface area contributed by atoms with Crippen LogP contribution in [-0.4, -0.2) is 49.9 Å². The number of allylic oxidation sites excluding steroid dienone is 4. The Kier molecular flexibility index (Phi) is 45.2. The van der Waals surface area contributed by atoms with Crippen molar-refractivity contribution in [2.45, 2.75) is 245 Å². The molecule has 0 radical (unpaired) electrons. The molecule has 0 saturated heterocycles. The van der Waals surface area contributed by atoms with Crippen LogP contribution in [0.25, 0.3) is 0 Å². The van der Waals surface area contributed by atoms with Crippen molar-refractivity contribution in [2.75, 3.05) is 33.0 Å². The summed E-state index contributed by atoms with van der Waals surface area (Å²) in [4.78, 5) is 22.5. The second-order valence-corrected chi connectivity index (χ2v) is 17.8. The topological polar surface area (TPSA) is 117 Å². The number of phosphoric acid groups is 1. The molecule has 2 unspecified atom stereocenters. The molecule has 0 fully saturated rings. The van der Waals surface area contributed by atoms with Gasteiger partial charge in [0.05, 0.1) is 19.8 Å². The van der Waals surface area contributed by atoms with Gasteiger partial charge in [-0.25, -0.2) is 4.57 Å². The van der Waals surface area contributed by atoms with E-state index in [4.69, 9.17) is 24.3 Å². The SMILES string of the molecule is CCCCCCC/C=C\CCCCCCCC(=O)OC(COCCCCCCCCCCCCCC/C=C\CCCCCCCCCC)COP(=O)(O)OCCN. The van der Waals surface area contributed by atoms with Crippen LogP contribution in [0, 0.1) is 0 Å². The van der Waals surface area contributed by atoms with Gasteiger partial charge < -0.3 is 20.1 Å². The molecule has 3 N–H and O–H groups in total. The summed E-state index contributed by atoms with van der Waals surface area (Å²) in [5.74, 6) is -0.336. The fraction of sp³-hybridized carbons (Fsp3) is 0.896. The molecular formula is C48H94NO7P. The fourth-order valence-corrected chi connectivity index (χ4v) is 7.75. The maximum atomic E-state index is 12.6. The van der Waals surface area contributed by atoms with Crippen molar-refractivity contribution in [3.63, 3.8) is 0 Å². The number of ether oxygens (including phenoxy) is 2. The van der Waals surface area contributed by atoms with Gasteiger partial charge >= 0.3 is 13.8 Å². The summed E-state index contributed by atoms with van der Waals surface area (Å²) in [5.41, 5.74) is 5.38. The Morgan fingerprint density at radius 3 is 1.28 bits per heavy atom. The minimum atomic E-state index is -4.28. The predicted octanol–water partition coefficient (Wildman–Crippen LogP) is 14.8. The van der Waals surface area contributed by atoms with Crippen LogP contribution in [0.15, 0.2) is 24.3 Å². The van der Waals surface area contributed by atoms with Crippen molar-refractivity contribution in [2.24, 2.45) is 5.73 Å². The molecule has 0 saturated carbocycles. The van der Waals surface area contributed by atoms with E-state index < -0.39 is 13.9 Å². The Balaban J connectivity index is 3.90. The van der Waals surface area contributed by atoms with Crippen LogP contribution in [0.5, 0.6) is 0 Å². The summed E-state index contributed by atoms with van der Waals surface area (Å²) in [6.45, 7) is 4.94. The molecular weight excluding hydrogens is 734 g/mol. The number of carbonyl (C=O) groups is 1. The highest BCUT2D eigenvalue weighted by Gasteiger charge is 2.25. The molecule has 0 aliphatic carbocycles. The van der Waals surface area contributed by atoms with Gasteiger partial charge in [-0.1, -0.05) is 192 Å². The van der Waals surface area contributed by atoms with Gasteiger partial charge in [-0.3, -0.25) is 13.8 Å². The summed E-state index contributed by atoms with van der Waals surface area (Å²) >= 11 is 0. The minimum absolute atomic E-state index is 0.0954. The standard InChI is InChI=1S/C48H94NO7P/c1-3-5-7-9-11-13-15-17-19-20-21-22-23-24-25-26-27-28-30-32-34-36-38-40-43-53-45-47(46-55-57(51,52)54-44-42-49)56-48(50)41-39-37-35-33-31-29-18-16-14-12-10-8-6-4-2/h16,18,20-21,47H,3-15,17,19,22-46,49H2,1-2H3,(H,51,52)/b18-16-,21-20-.